The number of rotatable bonds is 5. The second-order valence-corrected chi connectivity index (χ2v) is 6.39. The van der Waals surface area contributed by atoms with Crippen LogP contribution < -0.4 is 10.2 Å². The van der Waals surface area contributed by atoms with Gasteiger partial charge in [-0.3, -0.25) is 4.90 Å². The van der Waals surface area contributed by atoms with Crippen molar-refractivity contribution in [1.82, 2.24) is 10.2 Å². The minimum absolute atomic E-state index is 0.747. The maximum absolute atomic E-state index is 6.35. The Hall–Kier alpha value is -0.770. The van der Waals surface area contributed by atoms with Crippen LogP contribution in [0.3, 0.4) is 0 Å². The highest BCUT2D eigenvalue weighted by Gasteiger charge is 2.18. The number of halogens is 1. The predicted octanol–water partition coefficient (Wildman–Crippen LogP) is 2.84. The van der Waals surface area contributed by atoms with Crippen LogP contribution in [-0.2, 0) is 6.54 Å². The Morgan fingerprint density at radius 3 is 2.45 bits per heavy atom. The van der Waals surface area contributed by atoms with E-state index in [0.29, 0.717) is 0 Å². The van der Waals surface area contributed by atoms with Gasteiger partial charge in [-0.05, 0) is 30.7 Å². The van der Waals surface area contributed by atoms with Crippen LogP contribution in [-0.4, -0.2) is 44.7 Å². The first-order valence-corrected chi connectivity index (χ1v) is 7.88. The third-order valence-electron chi connectivity index (χ3n) is 3.76. The summed E-state index contributed by atoms with van der Waals surface area (Å²) in [6.45, 7) is 11.1. The molecule has 2 rings (SSSR count). The second-order valence-electron chi connectivity index (χ2n) is 5.99. The van der Waals surface area contributed by atoms with E-state index in [1.807, 2.05) is 7.05 Å². The van der Waals surface area contributed by atoms with Gasteiger partial charge >= 0.3 is 0 Å². The fourth-order valence-corrected chi connectivity index (χ4v) is 3.01. The lowest BCUT2D eigenvalue weighted by Crippen LogP contribution is -2.47. The fourth-order valence-electron chi connectivity index (χ4n) is 2.77. The molecular weight excluding hydrogens is 270 g/mol. The molecule has 0 amide bonds. The molecule has 4 heteroatoms. The molecule has 1 saturated heterocycles. The molecule has 112 valence electrons. The van der Waals surface area contributed by atoms with Crippen LogP contribution in [0, 0.1) is 5.92 Å². The highest BCUT2D eigenvalue weighted by molar-refractivity contribution is 6.31. The lowest BCUT2D eigenvalue weighted by Gasteiger charge is -2.37. The van der Waals surface area contributed by atoms with E-state index in [0.717, 1.165) is 49.2 Å². The Morgan fingerprint density at radius 1 is 1.20 bits per heavy atom. The first-order valence-electron chi connectivity index (χ1n) is 7.50. The van der Waals surface area contributed by atoms with Gasteiger partial charge in [0.15, 0.2) is 0 Å². The first-order chi connectivity index (χ1) is 9.60. The van der Waals surface area contributed by atoms with Gasteiger partial charge in [0.2, 0.25) is 0 Å². The number of nitrogens with one attached hydrogen (secondary N) is 1. The predicted molar refractivity (Wildman–Crippen MR) is 87.7 cm³/mol. The van der Waals surface area contributed by atoms with E-state index in [1.54, 1.807) is 0 Å². The molecule has 0 spiro atoms. The molecule has 0 aliphatic carbocycles. The Balaban J connectivity index is 1.95. The van der Waals surface area contributed by atoms with Crippen molar-refractivity contribution in [3.05, 3.63) is 28.8 Å². The minimum atomic E-state index is 0.747. The zero-order valence-corrected chi connectivity index (χ0v) is 13.6. The third-order valence-corrected chi connectivity index (χ3v) is 4.12. The maximum atomic E-state index is 6.35. The van der Waals surface area contributed by atoms with Crippen LogP contribution >= 0.6 is 11.6 Å². The average Bonchev–Trinajstić information content (AvgIpc) is 2.41. The van der Waals surface area contributed by atoms with Crippen molar-refractivity contribution in [2.24, 2.45) is 5.92 Å². The summed E-state index contributed by atoms with van der Waals surface area (Å²) in [5.41, 5.74) is 2.41. The van der Waals surface area contributed by atoms with Crippen molar-refractivity contribution < 1.29 is 0 Å². The van der Waals surface area contributed by atoms with Crippen molar-refractivity contribution in [2.75, 3.05) is 44.7 Å². The molecule has 1 aliphatic heterocycles. The van der Waals surface area contributed by atoms with Crippen molar-refractivity contribution >= 4 is 17.3 Å². The normalized spacial score (nSPS) is 16.9. The van der Waals surface area contributed by atoms with E-state index >= 15 is 0 Å². The van der Waals surface area contributed by atoms with Gasteiger partial charge in [-0.2, -0.15) is 0 Å². The van der Waals surface area contributed by atoms with Gasteiger partial charge in [0.25, 0.3) is 0 Å². The van der Waals surface area contributed by atoms with Crippen molar-refractivity contribution in [3.63, 3.8) is 0 Å². The van der Waals surface area contributed by atoms with E-state index in [9.17, 15) is 0 Å². The Morgan fingerprint density at radius 2 is 1.90 bits per heavy atom. The molecule has 1 aromatic carbocycles. The molecule has 0 bridgehead atoms. The highest BCUT2D eigenvalue weighted by Crippen LogP contribution is 2.24. The minimum Gasteiger partial charge on any atom is -0.369 e. The topological polar surface area (TPSA) is 18.5 Å². The second kappa shape index (κ2) is 7.30. The molecule has 20 heavy (non-hydrogen) atoms. The number of nitrogens with zero attached hydrogens (tertiary/aromatic N) is 2. The van der Waals surface area contributed by atoms with Gasteiger partial charge in [-0.25, -0.2) is 0 Å². The third kappa shape index (κ3) is 4.11. The summed E-state index contributed by atoms with van der Waals surface area (Å²) >= 11 is 6.35. The highest BCUT2D eigenvalue weighted by atomic mass is 35.5. The molecular formula is C16H26ClN3. The average molecular weight is 296 g/mol. The molecule has 0 radical (unpaired) electrons. The van der Waals surface area contributed by atoms with Crippen LogP contribution in [0.5, 0.6) is 0 Å². The molecule has 1 heterocycles. The number of hydrogen-bond acceptors (Lipinski definition) is 3. The van der Waals surface area contributed by atoms with Gasteiger partial charge in [0.1, 0.15) is 0 Å². The summed E-state index contributed by atoms with van der Waals surface area (Å²) in [5.74, 6) is 0.747. The van der Waals surface area contributed by atoms with Gasteiger partial charge in [-0.15, -0.1) is 0 Å². The summed E-state index contributed by atoms with van der Waals surface area (Å²) in [7, 11) is 1.94. The molecule has 1 fully saturated rings. The van der Waals surface area contributed by atoms with Gasteiger partial charge in [-0.1, -0.05) is 31.5 Å². The molecule has 1 N–H and O–H groups in total. The van der Waals surface area contributed by atoms with E-state index in [1.165, 1.54) is 12.2 Å². The van der Waals surface area contributed by atoms with Gasteiger partial charge in [0.05, 0.1) is 0 Å². The van der Waals surface area contributed by atoms with Crippen LogP contribution in [0.25, 0.3) is 0 Å². The van der Waals surface area contributed by atoms with E-state index in [4.69, 9.17) is 11.6 Å². The first kappa shape index (κ1) is 15.6. The molecule has 0 atom stereocenters. The van der Waals surface area contributed by atoms with Crippen LogP contribution in [0.4, 0.5) is 5.69 Å². The van der Waals surface area contributed by atoms with E-state index in [2.05, 4.69) is 47.2 Å². The van der Waals surface area contributed by atoms with Crippen LogP contribution in [0.1, 0.15) is 19.4 Å². The number of hydrogen-bond donors (Lipinski definition) is 1. The molecule has 0 unspecified atom stereocenters. The van der Waals surface area contributed by atoms with Crippen LogP contribution in [0.2, 0.25) is 5.02 Å². The Labute approximate surface area is 127 Å². The fraction of sp³-hybridized carbons (Fsp3) is 0.625. The van der Waals surface area contributed by atoms with Gasteiger partial charge in [0, 0.05) is 50.0 Å². The molecule has 0 aromatic heterocycles. The standard InChI is InChI=1S/C16H26ClN3/c1-13(2)12-19-6-8-20(9-7-19)15-5-4-14(11-18-3)16(17)10-15/h4-5,10,13,18H,6-9,11-12H2,1-3H3. The quantitative estimate of drug-likeness (QED) is 0.901. The Kier molecular flexibility index (Phi) is 5.70. The lowest BCUT2D eigenvalue weighted by atomic mass is 10.1. The summed E-state index contributed by atoms with van der Waals surface area (Å²) < 4.78 is 0. The van der Waals surface area contributed by atoms with E-state index in [-0.39, 0.29) is 0 Å². The maximum Gasteiger partial charge on any atom is 0.0471 e. The largest absolute Gasteiger partial charge is 0.369 e. The number of piperazine rings is 1. The summed E-state index contributed by atoms with van der Waals surface area (Å²) in [6.07, 6.45) is 0. The molecule has 0 saturated carbocycles. The molecule has 3 nitrogen and oxygen atoms in total. The number of benzene rings is 1. The van der Waals surface area contributed by atoms with E-state index < -0.39 is 0 Å². The Bertz CT molecular complexity index is 426. The van der Waals surface area contributed by atoms with Crippen molar-refractivity contribution in [2.45, 2.75) is 20.4 Å². The van der Waals surface area contributed by atoms with Crippen molar-refractivity contribution in [1.29, 1.82) is 0 Å². The lowest BCUT2D eigenvalue weighted by molar-refractivity contribution is 0.231. The smallest absolute Gasteiger partial charge is 0.0471 e. The SMILES string of the molecule is CNCc1ccc(N2CCN(CC(C)C)CC2)cc1Cl. The van der Waals surface area contributed by atoms with Crippen LogP contribution in [0.15, 0.2) is 18.2 Å². The number of anilines is 1. The summed E-state index contributed by atoms with van der Waals surface area (Å²) in [6, 6.07) is 6.43. The zero-order chi connectivity index (χ0) is 14.5. The summed E-state index contributed by atoms with van der Waals surface area (Å²) in [4.78, 5) is 4.99. The van der Waals surface area contributed by atoms with Crippen molar-refractivity contribution in [3.8, 4) is 0 Å². The molecule has 1 aliphatic rings. The van der Waals surface area contributed by atoms with Gasteiger partial charge < -0.3 is 10.2 Å². The molecule has 1 aromatic rings. The zero-order valence-electron chi connectivity index (χ0n) is 12.8. The monoisotopic (exact) mass is 295 g/mol. The summed E-state index contributed by atoms with van der Waals surface area (Å²) in [5, 5.41) is 4.01.